The molecule has 1 aromatic rings. The molecule has 0 radical (unpaired) electrons. The van der Waals surface area contributed by atoms with Gasteiger partial charge in [0.2, 0.25) is 6.10 Å². The third kappa shape index (κ3) is 4.57. The first kappa shape index (κ1) is 14.2. The number of nitrogens with one attached hydrogen (secondary N) is 1. The molecule has 1 aromatic carbocycles. The van der Waals surface area contributed by atoms with Crippen molar-refractivity contribution >= 4 is 11.9 Å². The molecule has 0 bridgehead atoms. The fourth-order valence-electron chi connectivity index (χ4n) is 1.50. The summed E-state index contributed by atoms with van der Waals surface area (Å²) in [6, 6.07) is 8.97. The van der Waals surface area contributed by atoms with Crippen molar-refractivity contribution in [3.8, 4) is 0 Å². The highest BCUT2D eigenvalue weighted by atomic mass is 16.5. The van der Waals surface area contributed by atoms with Crippen LogP contribution in [0.2, 0.25) is 0 Å². The zero-order valence-electron chi connectivity index (χ0n) is 11.2. The van der Waals surface area contributed by atoms with Gasteiger partial charge >= 0.3 is 5.97 Å². The third-order valence-corrected chi connectivity index (χ3v) is 2.12. The largest absolute Gasteiger partial charge is 0.447 e. The van der Waals surface area contributed by atoms with E-state index in [4.69, 9.17) is 4.74 Å². The number of rotatable bonds is 3. The summed E-state index contributed by atoms with van der Waals surface area (Å²) >= 11 is 0. The van der Waals surface area contributed by atoms with Crippen molar-refractivity contribution in [1.29, 1.82) is 0 Å². The predicted octanol–water partition coefficient (Wildman–Crippen LogP) is 2.21. The number of hydrogen-bond donors (Lipinski definition) is 1. The summed E-state index contributed by atoms with van der Waals surface area (Å²) in [5.41, 5.74) is 0.291. The highest BCUT2D eigenvalue weighted by Gasteiger charge is 2.26. The fraction of sp³-hybridized carbons (Fsp3) is 0.429. The molecule has 1 rings (SSSR count). The van der Waals surface area contributed by atoms with Gasteiger partial charge in [-0.1, -0.05) is 30.3 Å². The van der Waals surface area contributed by atoms with Crippen molar-refractivity contribution in [1.82, 2.24) is 5.32 Å². The molecular formula is C14H19NO3. The van der Waals surface area contributed by atoms with Gasteiger partial charge in [0.1, 0.15) is 0 Å². The zero-order valence-corrected chi connectivity index (χ0v) is 11.2. The molecule has 0 saturated heterocycles. The van der Waals surface area contributed by atoms with Crippen LogP contribution in [0.25, 0.3) is 0 Å². The molecule has 0 fully saturated rings. The molecule has 4 nitrogen and oxygen atoms in total. The minimum Gasteiger partial charge on any atom is -0.447 e. The topological polar surface area (TPSA) is 55.4 Å². The van der Waals surface area contributed by atoms with Crippen LogP contribution < -0.4 is 5.32 Å². The summed E-state index contributed by atoms with van der Waals surface area (Å²) < 4.78 is 5.09. The highest BCUT2D eigenvalue weighted by Crippen LogP contribution is 2.18. The Morgan fingerprint density at radius 2 is 1.72 bits per heavy atom. The van der Waals surface area contributed by atoms with Gasteiger partial charge in [0.15, 0.2) is 0 Å². The Balaban J connectivity index is 2.92. The van der Waals surface area contributed by atoms with Crippen molar-refractivity contribution < 1.29 is 14.3 Å². The monoisotopic (exact) mass is 249 g/mol. The van der Waals surface area contributed by atoms with Gasteiger partial charge in [-0.2, -0.15) is 0 Å². The molecule has 4 heteroatoms. The summed E-state index contributed by atoms with van der Waals surface area (Å²) in [5.74, 6) is -0.795. The van der Waals surface area contributed by atoms with E-state index >= 15 is 0 Å². The lowest BCUT2D eigenvalue weighted by molar-refractivity contribution is -0.155. The smallest absolute Gasteiger partial charge is 0.303 e. The maximum atomic E-state index is 12.1. The molecule has 0 aromatic heterocycles. The number of ether oxygens (including phenoxy) is 1. The van der Waals surface area contributed by atoms with E-state index in [0.717, 1.165) is 0 Å². The third-order valence-electron chi connectivity index (χ3n) is 2.12. The van der Waals surface area contributed by atoms with Gasteiger partial charge in [0.05, 0.1) is 0 Å². The lowest BCUT2D eigenvalue weighted by atomic mass is 10.1. The van der Waals surface area contributed by atoms with E-state index in [2.05, 4.69) is 5.32 Å². The number of carbonyl (C=O) groups excluding carboxylic acids is 2. The lowest BCUT2D eigenvalue weighted by Crippen LogP contribution is -2.44. The molecule has 0 aliphatic carbocycles. The first-order valence-corrected chi connectivity index (χ1v) is 5.84. The standard InChI is InChI=1S/C14H19NO3/c1-10(16)18-12(11-8-6-5-7-9-11)13(17)15-14(2,3)4/h5-9,12H,1-4H3,(H,15,17). The fourth-order valence-corrected chi connectivity index (χ4v) is 1.50. The van der Waals surface area contributed by atoms with Gasteiger partial charge in [-0.05, 0) is 20.8 Å². The van der Waals surface area contributed by atoms with E-state index in [0.29, 0.717) is 5.56 Å². The van der Waals surface area contributed by atoms with Gasteiger partial charge < -0.3 is 10.1 Å². The first-order chi connectivity index (χ1) is 8.29. The zero-order chi connectivity index (χ0) is 13.8. The van der Waals surface area contributed by atoms with Gasteiger partial charge in [0, 0.05) is 18.0 Å². The second-order valence-corrected chi connectivity index (χ2v) is 5.14. The van der Waals surface area contributed by atoms with Crippen LogP contribution in [-0.2, 0) is 14.3 Å². The number of hydrogen-bond acceptors (Lipinski definition) is 3. The maximum absolute atomic E-state index is 12.1. The molecule has 1 N–H and O–H groups in total. The summed E-state index contributed by atoms with van der Waals surface area (Å²) in [4.78, 5) is 23.2. The SMILES string of the molecule is CC(=O)OC(C(=O)NC(C)(C)C)c1ccccc1. The Morgan fingerprint density at radius 3 is 2.17 bits per heavy atom. The molecular weight excluding hydrogens is 230 g/mol. The summed E-state index contributed by atoms with van der Waals surface area (Å²) in [6.07, 6.45) is -0.900. The van der Waals surface area contributed by atoms with E-state index in [1.165, 1.54) is 6.92 Å². The quantitative estimate of drug-likeness (QED) is 0.835. The molecule has 98 valence electrons. The average Bonchev–Trinajstić information content (AvgIpc) is 2.24. The van der Waals surface area contributed by atoms with Crippen LogP contribution in [0.3, 0.4) is 0 Å². The van der Waals surface area contributed by atoms with Crippen LogP contribution in [0.4, 0.5) is 0 Å². The summed E-state index contributed by atoms with van der Waals surface area (Å²) in [5, 5.41) is 2.81. The van der Waals surface area contributed by atoms with Gasteiger partial charge in [0.25, 0.3) is 5.91 Å². The molecule has 0 aliphatic rings. The van der Waals surface area contributed by atoms with Gasteiger partial charge in [-0.3, -0.25) is 9.59 Å². The van der Waals surface area contributed by atoms with Gasteiger partial charge in [-0.25, -0.2) is 0 Å². The highest BCUT2D eigenvalue weighted by molar-refractivity contribution is 5.85. The normalized spacial score (nSPS) is 12.7. The molecule has 1 unspecified atom stereocenters. The molecule has 18 heavy (non-hydrogen) atoms. The van der Waals surface area contributed by atoms with E-state index in [1.807, 2.05) is 26.8 Å². The van der Waals surface area contributed by atoms with Crippen LogP contribution in [0, 0.1) is 0 Å². The Hall–Kier alpha value is -1.84. The molecule has 0 saturated carbocycles. The van der Waals surface area contributed by atoms with Crippen LogP contribution in [0.5, 0.6) is 0 Å². The summed E-state index contributed by atoms with van der Waals surface area (Å²) in [6.45, 7) is 6.92. The van der Waals surface area contributed by atoms with E-state index in [-0.39, 0.29) is 11.4 Å². The summed E-state index contributed by atoms with van der Waals surface area (Å²) in [7, 11) is 0. The molecule has 0 heterocycles. The van der Waals surface area contributed by atoms with Crippen LogP contribution >= 0.6 is 0 Å². The number of esters is 1. The molecule has 1 amide bonds. The van der Waals surface area contributed by atoms with Crippen LogP contribution in [-0.4, -0.2) is 17.4 Å². The lowest BCUT2D eigenvalue weighted by Gasteiger charge is -2.24. The van der Waals surface area contributed by atoms with Crippen molar-refractivity contribution in [3.63, 3.8) is 0 Å². The number of benzene rings is 1. The van der Waals surface area contributed by atoms with Crippen molar-refractivity contribution in [2.75, 3.05) is 0 Å². The number of carbonyl (C=O) groups is 2. The van der Waals surface area contributed by atoms with Crippen molar-refractivity contribution in [2.24, 2.45) is 0 Å². The van der Waals surface area contributed by atoms with Gasteiger partial charge in [-0.15, -0.1) is 0 Å². The van der Waals surface area contributed by atoms with Crippen molar-refractivity contribution in [2.45, 2.75) is 39.3 Å². The minimum atomic E-state index is -0.900. The molecule has 0 spiro atoms. The van der Waals surface area contributed by atoms with E-state index in [9.17, 15) is 9.59 Å². The Kier molecular flexibility index (Phi) is 4.48. The number of amides is 1. The van der Waals surface area contributed by atoms with Crippen LogP contribution in [0.1, 0.15) is 39.4 Å². The average molecular weight is 249 g/mol. The predicted molar refractivity (Wildman–Crippen MR) is 68.8 cm³/mol. The maximum Gasteiger partial charge on any atom is 0.303 e. The van der Waals surface area contributed by atoms with E-state index in [1.54, 1.807) is 24.3 Å². The Morgan fingerprint density at radius 1 is 1.17 bits per heavy atom. The van der Waals surface area contributed by atoms with Crippen molar-refractivity contribution in [3.05, 3.63) is 35.9 Å². The van der Waals surface area contributed by atoms with E-state index < -0.39 is 12.1 Å². The second kappa shape index (κ2) is 5.67. The molecule has 0 aliphatic heterocycles. The second-order valence-electron chi connectivity index (χ2n) is 5.14. The first-order valence-electron chi connectivity index (χ1n) is 5.84. The Labute approximate surface area is 107 Å². The minimum absolute atomic E-state index is 0.316. The Bertz CT molecular complexity index is 420. The van der Waals surface area contributed by atoms with Crippen LogP contribution in [0.15, 0.2) is 30.3 Å². The molecule has 1 atom stereocenters.